The molecule has 3 aromatic rings. The van der Waals surface area contributed by atoms with Gasteiger partial charge in [0.1, 0.15) is 27.2 Å². The predicted octanol–water partition coefficient (Wildman–Crippen LogP) is 3.21. The molecule has 162 valence electrons. The number of nitrogens with zero attached hydrogens (tertiary/aromatic N) is 1. The highest BCUT2D eigenvalue weighted by molar-refractivity contribution is 6.39. The molecular weight excluding hydrogens is 417 g/mol. The van der Waals surface area contributed by atoms with Crippen molar-refractivity contribution in [3.8, 4) is 22.6 Å². The van der Waals surface area contributed by atoms with Crippen molar-refractivity contribution in [2.75, 3.05) is 6.54 Å². The molecule has 0 saturated carbocycles. The zero-order valence-electron chi connectivity index (χ0n) is 17.6. The van der Waals surface area contributed by atoms with Crippen LogP contribution in [0, 0.1) is 0 Å². The lowest BCUT2D eigenvalue weighted by molar-refractivity contribution is -0.274. The molecule has 0 N–H and O–H groups in total. The van der Waals surface area contributed by atoms with Crippen molar-refractivity contribution in [3.63, 3.8) is 0 Å². The molecule has 0 aliphatic carbocycles. The molecule has 9 heteroatoms. The molecule has 4 rings (SSSR count). The van der Waals surface area contributed by atoms with Crippen molar-refractivity contribution in [1.82, 2.24) is 4.90 Å². The summed E-state index contributed by atoms with van der Waals surface area (Å²) in [7, 11) is 3.86. The summed E-state index contributed by atoms with van der Waals surface area (Å²) in [5.41, 5.74) is 2.78. The molecule has 1 aliphatic heterocycles. The van der Waals surface area contributed by atoms with E-state index in [0.29, 0.717) is 35.5 Å². The van der Waals surface area contributed by atoms with E-state index < -0.39 is 11.8 Å². The molecule has 1 amide bonds. The molecule has 0 bridgehead atoms. The summed E-state index contributed by atoms with van der Waals surface area (Å²) in [6.07, 6.45) is -4.75. The van der Waals surface area contributed by atoms with E-state index in [9.17, 15) is 18.0 Å². The van der Waals surface area contributed by atoms with Gasteiger partial charge >= 0.3 is 6.36 Å². The van der Waals surface area contributed by atoms with Crippen LogP contribution in [-0.2, 0) is 6.54 Å². The van der Waals surface area contributed by atoms with Gasteiger partial charge in [0.25, 0.3) is 5.91 Å². The quantitative estimate of drug-likeness (QED) is 0.589. The van der Waals surface area contributed by atoms with Crippen molar-refractivity contribution in [1.29, 1.82) is 0 Å². The molecule has 0 radical (unpaired) electrons. The molecule has 32 heavy (non-hydrogen) atoms. The van der Waals surface area contributed by atoms with Gasteiger partial charge in [-0.05, 0) is 41.0 Å². The monoisotopic (exact) mass is 437 g/mol. The number of fused-ring (bicyclic) bond motifs is 1. The summed E-state index contributed by atoms with van der Waals surface area (Å²) >= 11 is 0. The van der Waals surface area contributed by atoms with Crippen LogP contribution in [0.1, 0.15) is 15.9 Å². The van der Waals surface area contributed by atoms with Crippen LogP contribution in [0.3, 0.4) is 0 Å². The summed E-state index contributed by atoms with van der Waals surface area (Å²) in [6, 6.07) is 20.5. The summed E-state index contributed by atoms with van der Waals surface area (Å²) in [5.74, 6) is 0.0239. The molecule has 0 saturated heterocycles. The first-order chi connectivity index (χ1) is 15.1. The SMILES string of the molecule is BC1(B)CN(Cc2ccccc2)C(=O)c2cc(-c3ccc(OC(F)(F)F)cc3)ccc2O1. The molecule has 3 aromatic carbocycles. The van der Waals surface area contributed by atoms with Gasteiger partial charge in [-0.2, -0.15) is 0 Å². The zero-order chi connectivity index (χ0) is 22.9. The fourth-order valence-electron chi connectivity index (χ4n) is 3.78. The Labute approximate surface area is 185 Å². The minimum atomic E-state index is -4.75. The maximum atomic E-state index is 13.4. The summed E-state index contributed by atoms with van der Waals surface area (Å²) in [6.45, 7) is 0.855. The first kappa shape index (κ1) is 21.9. The van der Waals surface area contributed by atoms with Gasteiger partial charge < -0.3 is 14.4 Å². The number of alkyl halides is 3. The van der Waals surface area contributed by atoms with Gasteiger partial charge in [0.15, 0.2) is 0 Å². The highest BCUT2D eigenvalue weighted by Crippen LogP contribution is 2.33. The van der Waals surface area contributed by atoms with E-state index in [1.807, 2.05) is 46.0 Å². The van der Waals surface area contributed by atoms with Crippen molar-refractivity contribution in [2.24, 2.45) is 0 Å². The van der Waals surface area contributed by atoms with Gasteiger partial charge in [0.2, 0.25) is 0 Å². The van der Waals surface area contributed by atoms with E-state index in [1.165, 1.54) is 24.3 Å². The molecule has 0 fully saturated rings. The van der Waals surface area contributed by atoms with Gasteiger partial charge in [-0.3, -0.25) is 4.79 Å². The van der Waals surface area contributed by atoms with Crippen LogP contribution in [0.15, 0.2) is 72.8 Å². The van der Waals surface area contributed by atoms with E-state index in [0.717, 1.165) is 5.56 Å². The largest absolute Gasteiger partial charge is 0.573 e. The minimum Gasteiger partial charge on any atom is -0.503 e. The van der Waals surface area contributed by atoms with Gasteiger partial charge in [-0.25, -0.2) is 0 Å². The highest BCUT2D eigenvalue weighted by atomic mass is 19.4. The Bertz CT molecular complexity index is 1120. The zero-order valence-corrected chi connectivity index (χ0v) is 17.6. The second kappa shape index (κ2) is 8.30. The van der Waals surface area contributed by atoms with Crippen LogP contribution in [0.2, 0.25) is 0 Å². The lowest BCUT2D eigenvalue weighted by atomic mass is 9.65. The normalized spacial score (nSPS) is 15.5. The molecular formula is C23H20B2F3NO3. The van der Waals surface area contributed by atoms with Gasteiger partial charge in [-0.1, -0.05) is 48.5 Å². The van der Waals surface area contributed by atoms with E-state index >= 15 is 0 Å². The Hall–Kier alpha value is -3.35. The molecule has 4 nitrogen and oxygen atoms in total. The number of ether oxygens (including phenoxy) is 2. The second-order valence-electron chi connectivity index (χ2n) is 8.29. The maximum Gasteiger partial charge on any atom is 0.573 e. The van der Waals surface area contributed by atoms with Gasteiger partial charge in [0.05, 0.1) is 11.0 Å². The number of hydrogen-bond donors (Lipinski definition) is 0. The molecule has 0 spiro atoms. The molecule has 0 aromatic heterocycles. The Morgan fingerprint density at radius 3 is 2.28 bits per heavy atom. The Kier molecular flexibility index (Phi) is 5.67. The molecule has 1 heterocycles. The van der Waals surface area contributed by atoms with Crippen LogP contribution < -0.4 is 9.47 Å². The Balaban J connectivity index is 1.65. The van der Waals surface area contributed by atoms with Crippen LogP contribution in [-0.4, -0.2) is 44.8 Å². The van der Waals surface area contributed by atoms with Crippen molar-refractivity contribution in [2.45, 2.75) is 18.3 Å². The Morgan fingerprint density at radius 1 is 0.969 bits per heavy atom. The number of hydrogen-bond acceptors (Lipinski definition) is 3. The van der Waals surface area contributed by atoms with Crippen LogP contribution in [0.4, 0.5) is 13.2 Å². The van der Waals surface area contributed by atoms with Crippen LogP contribution >= 0.6 is 0 Å². The summed E-state index contributed by atoms with van der Waals surface area (Å²) < 4.78 is 47.3. The second-order valence-corrected chi connectivity index (χ2v) is 8.29. The van der Waals surface area contributed by atoms with Crippen LogP contribution in [0.5, 0.6) is 11.5 Å². The first-order valence-corrected chi connectivity index (χ1v) is 10.1. The Morgan fingerprint density at radius 2 is 1.62 bits per heavy atom. The number of benzene rings is 3. The van der Waals surface area contributed by atoms with E-state index in [1.54, 1.807) is 23.1 Å². The maximum absolute atomic E-state index is 13.4. The van der Waals surface area contributed by atoms with Crippen LogP contribution in [0.25, 0.3) is 11.1 Å². The van der Waals surface area contributed by atoms with Crippen molar-refractivity contribution < 1.29 is 27.4 Å². The van der Waals surface area contributed by atoms with E-state index in [-0.39, 0.29) is 11.7 Å². The van der Waals surface area contributed by atoms with Gasteiger partial charge in [0, 0.05) is 13.1 Å². The first-order valence-electron chi connectivity index (χ1n) is 10.1. The predicted molar refractivity (Wildman–Crippen MR) is 120 cm³/mol. The number of rotatable bonds is 4. The topological polar surface area (TPSA) is 38.8 Å². The fraction of sp³-hybridized carbons (Fsp3) is 0.174. The molecule has 0 atom stereocenters. The standard InChI is InChI=1S/C23H20B2F3NO3/c24-22(25)14-29(13-15-4-2-1-3-5-15)21(30)19-12-17(8-11-20(19)32-22)16-6-9-18(10-7-16)31-23(26,27)28/h1-12H,13-14,24-25H2. The molecule has 0 unspecified atom stereocenters. The fourth-order valence-corrected chi connectivity index (χ4v) is 3.78. The number of amides is 1. The summed E-state index contributed by atoms with van der Waals surface area (Å²) in [4.78, 5) is 15.2. The lowest BCUT2D eigenvalue weighted by Gasteiger charge is -2.30. The third-order valence-corrected chi connectivity index (χ3v) is 5.09. The van der Waals surface area contributed by atoms with Gasteiger partial charge in [-0.15, -0.1) is 13.2 Å². The summed E-state index contributed by atoms with van der Waals surface area (Å²) in [5, 5.41) is -0.589. The smallest absolute Gasteiger partial charge is 0.503 e. The third kappa shape index (κ3) is 5.10. The lowest BCUT2D eigenvalue weighted by Crippen LogP contribution is -2.48. The third-order valence-electron chi connectivity index (χ3n) is 5.09. The average Bonchev–Trinajstić information content (AvgIpc) is 2.81. The van der Waals surface area contributed by atoms with Crippen molar-refractivity contribution >= 4 is 21.6 Å². The number of carbonyl (C=O) groups excluding carboxylic acids is 1. The van der Waals surface area contributed by atoms with Crippen molar-refractivity contribution in [3.05, 3.63) is 83.9 Å². The molecule has 1 aliphatic rings. The number of carbonyl (C=O) groups is 1. The number of halogens is 3. The highest BCUT2D eigenvalue weighted by Gasteiger charge is 2.34. The van der Waals surface area contributed by atoms with E-state index in [2.05, 4.69) is 4.74 Å². The van der Waals surface area contributed by atoms with E-state index in [4.69, 9.17) is 4.74 Å². The minimum absolute atomic E-state index is 0.159. The average molecular weight is 437 g/mol.